The van der Waals surface area contributed by atoms with Crippen LogP contribution in [0.5, 0.6) is 0 Å². The van der Waals surface area contributed by atoms with Crippen molar-refractivity contribution in [1.29, 1.82) is 0 Å². The zero-order chi connectivity index (χ0) is 15.7. The van der Waals surface area contributed by atoms with Crippen LogP contribution in [0.1, 0.15) is 50.7 Å². The molecule has 1 unspecified atom stereocenters. The summed E-state index contributed by atoms with van der Waals surface area (Å²) in [6.45, 7) is 8.56. The lowest BCUT2D eigenvalue weighted by atomic mass is 10.1. The third kappa shape index (κ3) is 6.76. The molecule has 0 aromatic heterocycles. The SMILES string of the molecule is CCCCCCN(Cc1ccccc1C)CC(C)C(=O)O. The first kappa shape index (κ1) is 17.7. The van der Waals surface area contributed by atoms with E-state index in [1.54, 1.807) is 6.92 Å². The van der Waals surface area contributed by atoms with E-state index in [2.05, 4.69) is 36.9 Å². The molecule has 1 aromatic carbocycles. The van der Waals surface area contributed by atoms with Crippen LogP contribution in [0.15, 0.2) is 24.3 Å². The van der Waals surface area contributed by atoms with E-state index in [1.807, 2.05) is 6.07 Å². The zero-order valence-corrected chi connectivity index (χ0v) is 13.6. The van der Waals surface area contributed by atoms with Gasteiger partial charge in [-0.05, 0) is 31.0 Å². The second kappa shape index (κ2) is 9.56. The Balaban J connectivity index is 2.62. The summed E-state index contributed by atoms with van der Waals surface area (Å²) in [6.07, 6.45) is 4.85. The second-order valence-corrected chi connectivity index (χ2v) is 5.96. The van der Waals surface area contributed by atoms with Crippen molar-refractivity contribution in [2.24, 2.45) is 5.92 Å². The van der Waals surface area contributed by atoms with Crippen molar-refractivity contribution in [3.63, 3.8) is 0 Å². The van der Waals surface area contributed by atoms with Crippen LogP contribution in [-0.4, -0.2) is 29.1 Å². The summed E-state index contributed by atoms with van der Waals surface area (Å²) in [7, 11) is 0. The van der Waals surface area contributed by atoms with Gasteiger partial charge in [-0.2, -0.15) is 0 Å². The number of carboxylic acid groups (broad SMARTS) is 1. The molecule has 1 rings (SSSR count). The van der Waals surface area contributed by atoms with Gasteiger partial charge in [0.2, 0.25) is 0 Å². The average Bonchev–Trinajstić information content (AvgIpc) is 2.45. The van der Waals surface area contributed by atoms with Crippen molar-refractivity contribution >= 4 is 5.97 Å². The van der Waals surface area contributed by atoms with Crippen LogP contribution in [0.3, 0.4) is 0 Å². The molecule has 0 fully saturated rings. The molecule has 0 radical (unpaired) electrons. The lowest BCUT2D eigenvalue weighted by Gasteiger charge is -2.25. The Kier molecular flexibility index (Phi) is 8.06. The first-order valence-electron chi connectivity index (χ1n) is 8.04. The Labute approximate surface area is 129 Å². The van der Waals surface area contributed by atoms with E-state index in [1.165, 1.54) is 30.4 Å². The highest BCUT2D eigenvalue weighted by atomic mass is 16.4. The standard InChI is InChI=1S/C18H29NO2/c1-4-5-6-9-12-19(13-16(3)18(20)21)14-17-11-8-7-10-15(17)2/h7-8,10-11,16H,4-6,9,12-14H2,1-3H3,(H,20,21). The third-order valence-electron chi connectivity index (χ3n) is 3.94. The molecule has 3 nitrogen and oxygen atoms in total. The topological polar surface area (TPSA) is 40.5 Å². The highest BCUT2D eigenvalue weighted by molar-refractivity contribution is 5.69. The first-order chi connectivity index (χ1) is 10.0. The summed E-state index contributed by atoms with van der Waals surface area (Å²) < 4.78 is 0. The molecule has 0 spiro atoms. The number of nitrogens with zero attached hydrogens (tertiary/aromatic N) is 1. The van der Waals surface area contributed by atoms with Gasteiger partial charge < -0.3 is 5.11 Å². The van der Waals surface area contributed by atoms with Crippen LogP contribution < -0.4 is 0 Å². The van der Waals surface area contributed by atoms with Crippen molar-refractivity contribution in [2.75, 3.05) is 13.1 Å². The zero-order valence-electron chi connectivity index (χ0n) is 13.6. The summed E-state index contributed by atoms with van der Waals surface area (Å²) in [5, 5.41) is 9.13. The summed E-state index contributed by atoms with van der Waals surface area (Å²) in [5.41, 5.74) is 2.57. The summed E-state index contributed by atoms with van der Waals surface area (Å²) in [5.74, 6) is -1.03. The van der Waals surface area contributed by atoms with Crippen LogP contribution >= 0.6 is 0 Å². The van der Waals surface area contributed by atoms with Crippen LogP contribution in [0, 0.1) is 12.8 Å². The minimum Gasteiger partial charge on any atom is -0.481 e. The lowest BCUT2D eigenvalue weighted by molar-refractivity contribution is -0.141. The van der Waals surface area contributed by atoms with Gasteiger partial charge in [-0.15, -0.1) is 0 Å². The Morgan fingerprint density at radius 3 is 2.57 bits per heavy atom. The molecule has 3 heteroatoms. The van der Waals surface area contributed by atoms with E-state index in [9.17, 15) is 4.79 Å². The van der Waals surface area contributed by atoms with Crippen molar-refractivity contribution in [1.82, 2.24) is 4.90 Å². The van der Waals surface area contributed by atoms with Gasteiger partial charge in [-0.1, -0.05) is 57.4 Å². The number of hydrogen-bond acceptors (Lipinski definition) is 2. The quantitative estimate of drug-likeness (QED) is 0.660. The second-order valence-electron chi connectivity index (χ2n) is 5.96. The molecule has 118 valence electrons. The molecule has 0 aliphatic carbocycles. The third-order valence-corrected chi connectivity index (χ3v) is 3.94. The minimum absolute atomic E-state index is 0.319. The lowest BCUT2D eigenvalue weighted by Crippen LogP contribution is -2.32. The van der Waals surface area contributed by atoms with Crippen LogP contribution in [0.4, 0.5) is 0 Å². The molecule has 1 atom stereocenters. The normalized spacial score (nSPS) is 12.6. The van der Waals surface area contributed by atoms with Crippen LogP contribution in [-0.2, 0) is 11.3 Å². The smallest absolute Gasteiger partial charge is 0.307 e. The Morgan fingerprint density at radius 2 is 1.95 bits per heavy atom. The molecule has 0 aliphatic heterocycles. The van der Waals surface area contributed by atoms with Gasteiger partial charge in [0.1, 0.15) is 0 Å². The molecule has 0 heterocycles. The van der Waals surface area contributed by atoms with Crippen LogP contribution in [0.25, 0.3) is 0 Å². The van der Waals surface area contributed by atoms with E-state index < -0.39 is 5.97 Å². The Morgan fingerprint density at radius 1 is 1.24 bits per heavy atom. The molecule has 21 heavy (non-hydrogen) atoms. The summed E-state index contributed by atoms with van der Waals surface area (Å²) >= 11 is 0. The van der Waals surface area contributed by atoms with Crippen molar-refractivity contribution in [2.45, 2.75) is 53.0 Å². The molecule has 0 saturated heterocycles. The number of aliphatic carboxylic acids is 1. The maximum atomic E-state index is 11.1. The maximum absolute atomic E-state index is 11.1. The van der Waals surface area contributed by atoms with Gasteiger partial charge in [-0.3, -0.25) is 9.69 Å². The predicted octanol–water partition coefficient (Wildman–Crippen LogP) is 4.10. The first-order valence-corrected chi connectivity index (χ1v) is 8.04. The van der Waals surface area contributed by atoms with Crippen molar-refractivity contribution in [3.8, 4) is 0 Å². The van der Waals surface area contributed by atoms with Crippen LogP contribution in [0.2, 0.25) is 0 Å². The molecule has 0 saturated carbocycles. The Hall–Kier alpha value is -1.35. The van der Waals surface area contributed by atoms with Gasteiger partial charge in [0.05, 0.1) is 5.92 Å². The molecule has 1 aromatic rings. The average molecular weight is 291 g/mol. The summed E-state index contributed by atoms with van der Waals surface area (Å²) in [4.78, 5) is 13.4. The largest absolute Gasteiger partial charge is 0.481 e. The number of hydrogen-bond donors (Lipinski definition) is 1. The van der Waals surface area contributed by atoms with E-state index in [-0.39, 0.29) is 5.92 Å². The van der Waals surface area contributed by atoms with E-state index in [4.69, 9.17) is 5.11 Å². The number of carboxylic acids is 1. The fraction of sp³-hybridized carbons (Fsp3) is 0.611. The van der Waals surface area contributed by atoms with Gasteiger partial charge in [-0.25, -0.2) is 0 Å². The number of rotatable bonds is 10. The van der Waals surface area contributed by atoms with Gasteiger partial charge >= 0.3 is 5.97 Å². The number of carbonyl (C=O) groups is 1. The highest BCUT2D eigenvalue weighted by Gasteiger charge is 2.16. The number of benzene rings is 1. The maximum Gasteiger partial charge on any atom is 0.307 e. The van der Waals surface area contributed by atoms with Crippen molar-refractivity contribution < 1.29 is 9.90 Å². The Bertz CT molecular complexity index is 431. The van der Waals surface area contributed by atoms with E-state index >= 15 is 0 Å². The van der Waals surface area contributed by atoms with Gasteiger partial charge in [0.15, 0.2) is 0 Å². The van der Waals surface area contributed by atoms with E-state index in [0.717, 1.165) is 19.5 Å². The van der Waals surface area contributed by atoms with Gasteiger partial charge in [0.25, 0.3) is 0 Å². The molecular formula is C18H29NO2. The molecule has 0 aliphatic rings. The highest BCUT2D eigenvalue weighted by Crippen LogP contribution is 2.13. The van der Waals surface area contributed by atoms with Gasteiger partial charge in [0, 0.05) is 13.1 Å². The minimum atomic E-state index is -0.710. The monoisotopic (exact) mass is 291 g/mol. The molecule has 0 amide bonds. The molecule has 0 bridgehead atoms. The summed E-state index contributed by atoms with van der Waals surface area (Å²) in [6, 6.07) is 8.35. The molecular weight excluding hydrogens is 262 g/mol. The number of aryl methyl sites for hydroxylation is 1. The van der Waals surface area contributed by atoms with Crippen molar-refractivity contribution in [3.05, 3.63) is 35.4 Å². The molecule has 1 N–H and O–H groups in total. The number of unbranched alkanes of at least 4 members (excludes halogenated alkanes) is 3. The van der Waals surface area contributed by atoms with E-state index in [0.29, 0.717) is 6.54 Å². The fourth-order valence-corrected chi connectivity index (χ4v) is 2.49. The predicted molar refractivity (Wildman–Crippen MR) is 87.4 cm³/mol. The fourth-order valence-electron chi connectivity index (χ4n) is 2.49.